The van der Waals surface area contributed by atoms with Crippen LogP contribution in [-0.4, -0.2) is 26.2 Å². The average molecular weight is 271 g/mol. The van der Waals surface area contributed by atoms with Crippen molar-refractivity contribution in [3.63, 3.8) is 0 Å². The molecule has 2 nitrogen and oxygen atoms in total. The number of hydrogen-bond acceptors (Lipinski definition) is 2. The van der Waals surface area contributed by atoms with Crippen molar-refractivity contribution in [1.82, 2.24) is 5.32 Å². The highest BCUT2D eigenvalue weighted by molar-refractivity contribution is 6.30. The van der Waals surface area contributed by atoms with Crippen LogP contribution < -0.4 is 10.2 Å². The smallest absolute Gasteiger partial charge is 0.0426 e. The maximum Gasteiger partial charge on any atom is 0.0426 e. The third-order valence-electron chi connectivity index (χ3n) is 3.45. The van der Waals surface area contributed by atoms with Gasteiger partial charge in [0.25, 0.3) is 0 Å². The molecule has 0 aliphatic carbocycles. The second-order valence-electron chi connectivity index (χ2n) is 4.60. The number of hydrogen-bond donors (Lipinski definition) is 1. The summed E-state index contributed by atoms with van der Waals surface area (Å²) in [6.45, 7) is 6.39. The number of benzene rings is 1. The summed E-state index contributed by atoms with van der Waals surface area (Å²) >= 11 is 6.06. The van der Waals surface area contributed by atoms with Crippen molar-refractivity contribution in [3.8, 4) is 0 Å². The third kappa shape index (κ3) is 2.30. The molecule has 0 bridgehead atoms. The Morgan fingerprint density at radius 1 is 1.18 bits per heavy atom. The minimum atomic E-state index is 0. The molecule has 17 heavy (non-hydrogen) atoms. The van der Waals surface area contributed by atoms with Gasteiger partial charge >= 0.3 is 0 Å². The lowest BCUT2D eigenvalue weighted by Crippen LogP contribution is -2.26. The Labute approximate surface area is 113 Å². The maximum absolute atomic E-state index is 6.06. The first-order valence-corrected chi connectivity index (χ1v) is 6.03. The largest absolute Gasteiger partial charge is 0.363 e. The van der Waals surface area contributed by atoms with Gasteiger partial charge in [-0.1, -0.05) is 17.7 Å². The van der Waals surface area contributed by atoms with E-state index in [0.717, 1.165) is 31.2 Å². The topological polar surface area (TPSA) is 15.3 Å². The molecule has 1 aromatic carbocycles. The quantitative estimate of drug-likeness (QED) is 0.790. The number of halogens is 2. The Kier molecular flexibility index (Phi) is 3.67. The van der Waals surface area contributed by atoms with E-state index in [2.05, 4.69) is 29.3 Å². The van der Waals surface area contributed by atoms with Gasteiger partial charge in [-0.25, -0.2) is 0 Å². The molecule has 0 radical (unpaired) electrons. The third-order valence-corrected chi connectivity index (χ3v) is 3.69. The summed E-state index contributed by atoms with van der Waals surface area (Å²) in [7, 11) is 0. The van der Waals surface area contributed by atoms with Crippen molar-refractivity contribution in [3.05, 3.63) is 39.9 Å². The van der Waals surface area contributed by atoms with Crippen LogP contribution in [0.2, 0.25) is 5.02 Å². The molecule has 2 aliphatic rings. The fourth-order valence-corrected chi connectivity index (χ4v) is 2.73. The van der Waals surface area contributed by atoms with Gasteiger partial charge in [0.1, 0.15) is 0 Å². The summed E-state index contributed by atoms with van der Waals surface area (Å²) in [5.74, 6) is 0. The molecular formula is C13H16Cl2N2. The molecule has 0 atom stereocenters. The normalized spacial score (nSPS) is 18.4. The summed E-state index contributed by atoms with van der Waals surface area (Å²) in [6.07, 6.45) is 0. The number of aryl methyl sites for hydroxylation is 1. The second kappa shape index (κ2) is 4.89. The van der Waals surface area contributed by atoms with E-state index in [0.29, 0.717) is 0 Å². The SMILES string of the molecule is Cc1ccc(Cl)cc1N1CC2=C(CNC2)C1.Cl. The minimum Gasteiger partial charge on any atom is -0.363 e. The van der Waals surface area contributed by atoms with E-state index >= 15 is 0 Å². The van der Waals surface area contributed by atoms with E-state index in [4.69, 9.17) is 11.6 Å². The summed E-state index contributed by atoms with van der Waals surface area (Å²) < 4.78 is 0. The standard InChI is InChI=1S/C13H15ClN2.ClH/c1-9-2-3-12(14)4-13(9)16-7-10-5-15-6-11(10)8-16;/h2-4,15H,5-8H2,1H3;1H. The lowest BCUT2D eigenvalue weighted by molar-refractivity contribution is 0.803. The number of nitrogens with zero attached hydrogens (tertiary/aromatic N) is 1. The first kappa shape index (κ1) is 12.7. The van der Waals surface area contributed by atoms with Crippen LogP contribution in [-0.2, 0) is 0 Å². The summed E-state index contributed by atoms with van der Waals surface area (Å²) in [5, 5.41) is 4.22. The maximum atomic E-state index is 6.06. The molecule has 92 valence electrons. The Morgan fingerprint density at radius 3 is 2.47 bits per heavy atom. The molecule has 1 N–H and O–H groups in total. The molecule has 0 unspecified atom stereocenters. The highest BCUT2D eigenvalue weighted by atomic mass is 35.5. The van der Waals surface area contributed by atoms with Gasteiger partial charge in [0, 0.05) is 36.9 Å². The van der Waals surface area contributed by atoms with Crippen molar-refractivity contribution in [2.75, 3.05) is 31.1 Å². The van der Waals surface area contributed by atoms with Gasteiger partial charge in [-0.2, -0.15) is 0 Å². The lowest BCUT2D eigenvalue weighted by atomic mass is 10.2. The Hall–Kier alpha value is -0.700. The summed E-state index contributed by atoms with van der Waals surface area (Å²) in [6, 6.07) is 6.13. The Balaban J connectivity index is 0.00000108. The van der Waals surface area contributed by atoms with Crippen LogP contribution >= 0.6 is 24.0 Å². The van der Waals surface area contributed by atoms with Crippen LogP contribution in [0.25, 0.3) is 0 Å². The van der Waals surface area contributed by atoms with Crippen molar-refractivity contribution in [1.29, 1.82) is 0 Å². The predicted octanol–water partition coefficient (Wildman–Crippen LogP) is 2.79. The highest BCUT2D eigenvalue weighted by Crippen LogP contribution is 2.30. The molecule has 0 amide bonds. The highest BCUT2D eigenvalue weighted by Gasteiger charge is 2.25. The number of nitrogens with one attached hydrogen (secondary N) is 1. The molecule has 4 heteroatoms. The van der Waals surface area contributed by atoms with Crippen molar-refractivity contribution < 1.29 is 0 Å². The monoisotopic (exact) mass is 270 g/mol. The van der Waals surface area contributed by atoms with E-state index in [1.165, 1.54) is 11.3 Å². The average Bonchev–Trinajstić information content (AvgIpc) is 2.81. The van der Waals surface area contributed by atoms with E-state index in [1.807, 2.05) is 6.07 Å². The minimum absolute atomic E-state index is 0. The molecule has 1 aromatic rings. The molecule has 0 fully saturated rings. The fraction of sp³-hybridized carbons (Fsp3) is 0.385. The van der Waals surface area contributed by atoms with Gasteiger partial charge in [0.2, 0.25) is 0 Å². The fourth-order valence-electron chi connectivity index (χ4n) is 2.56. The van der Waals surface area contributed by atoms with Gasteiger partial charge in [-0.3, -0.25) is 0 Å². The van der Waals surface area contributed by atoms with Gasteiger partial charge in [0.05, 0.1) is 0 Å². The Morgan fingerprint density at radius 2 is 1.82 bits per heavy atom. The second-order valence-corrected chi connectivity index (χ2v) is 5.03. The zero-order valence-electron chi connectivity index (χ0n) is 9.79. The first-order chi connectivity index (χ1) is 7.74. The number of rotatable bonds is 1. The molecule has 0 aromatic heterocycles. The van der Waals surface area contributed by atoms with Gasteiger partial charge in [0.15, 0.2) is 0 Å². The van der Waals surface area contributed by atoms with Crippen LogP contribution in [0, 0.1) is 6.92 Å². The predicted molar refractivity (Wildman–Crippen MR) is 75.5 cm³/mol. The van der Waals surface area contributed by atoms with Crippen molar-refractivity contribution in [2.45, 2.75) is 6.92 Å². The molecule has 0 saturated carbocycles. The molecule has 2 aliphatic heterocycles. The zero-order chi connectivity index (χ0) is 11.1. The molecule has 3 rings (SSSR count). The van der Waals surface area contributed by atoms with Crippen molar-refractivity contribution >= 4 is 29.7 Å². The zero-order valence-corrected chi connectivity index (χ0v) is 11.4. The van der Waals surface area contributed by atoms with Crippen LogP contribution in [0.4, 0.5) is 5.69 Å². The van der Waals surface area contributed by atoms with Gasteiger partial charge in [-0.15, -0.1) is 12.4 Å². The molecular weight excluding hydrogens is 255 g/mol. The molecule has 2 heterocycles. The van der Waals surface area contributed by atoms with E-state index in [1.54, 1.807) is 11.1 Å². The molecule has 0 saturated heterocycles. The van der Waals surface area contributed by atoms with Crippen LogP contribution in [0.1, 0.15) is 5.56 Å². The first-order valence-electron chi connectivity index (χ1n) is 5.65. The lowest BCUT2D eigenvalue weighted by Gasteiger charge is -2.22. The van der Waals surface area contributed by atoms with Gasteiger partial charge in [-0.05, 0) is 35.8 Å². The van der Waals surface area contributed by atoms with E-state index in [-0.39, 0.29) is 12.4 Å². The van der Waals surface area contributed by atoms with Crippen LogP contribution in [0.15, 0.2) is 29.3 Å². The summed E-state index contributed by atoms with van der Waals surface area (Å²) in [4.78, 5) is 2.42. The van der Waals surface area contributed by atoms with E-state index < -0.39 is 0 Å². The number of anilines is 1. The Bertz CT molecular complexity index is 452. The molecule has 0 spiro atoms. The summed E-state index contributed by atoms with van der Waals surface area (Å²) in [5.41, 5.74) is 5.72. The van der Waals surface area contributed by atoms with Crippen LogP contribution in [0.5, 0.6) is 0 Å². The van der Waals surface area contributed by atoms with E-state index in [9.17, 15) is 0 Å². The van der Waals surface area contributed by atoms with Crippen molar-refractivity contribution in [2.24, 2.45) is 0 Å². The van der Waals surface area contributed by atoms with Crippen LogP contribution in [0.3, 0.4) is 0 Å². The van der Waals surface area contributed by atoms with Gasteiger partial charge < -0.3 is 10.2 Å².